The van der Waals surface area contributed by atoms with Gasteiger partial charge in [0.1, 0.15) is 6.10 Å². The molecular formula is C14H10O2S. The third kappa shape index (κ3) is 1.64. The molecule has 0 unspecified atom stereocenters. The van der Waals surface area contributed by atoms with E-state index in [0.29, 0.717) is 10.5 Å². The summed E-state index contributed by atoms with van der Waals surface area (Å²) in [6.07, 6.45) is 0.989. The molecule has 0 saturated heterocycles. The molecule has 3 heteroatoms. The Morgan fingerprint density at radius 2 is 1.94 bits per heavy atom. The number of Topliss-reactive ketones (excluding diaryl/α,β-unsaturated/α-hetero) is 1. The van der Waals surface area contributed by atoms with Gasteiger partial charge in [0.15, 0.2) is 0 Å². The molecule has 2 aromatic rings. The van der Waals surface area contributed by atoms with E-state index in [-0.39, 0.29) is 5.78 Å². The predicted molar refractivity (Wildman–Crippen MR) is 68.0 cm³/mol. The van der Waals surface area contributed by atoms with E-state index in [4.69, 9.17) is 0 Å². The lowest BCUT2D eigenvalue weighted by Gasteiger charge is -2.03. The molecule has 0 spiro atoms. The Morgan fingerprint density at radius 3 is 2.65 bits per heavy atom. The first-order valence-electron chi connectivity index (χ1n) is 5.34. The number of rotatable bonds is 1. The number of fused-ring (bicyclic) bond motifs is 1. The Morgan fingerprint density at radius 1 is 1.18 bits per heavy atom. The first-order valence-corrected chi connectivity index (χ1v) is 6.22. The van der Waals surface area contributed by atoms with Crippen molar-refractivity contribution in [3.8, 4) is 0 Å². The molecule has 1 aromatic carbocycles. The minimum Gasteiger partial charge on any atom is -0.383 e. The van der Waals surface area contributed by atoms with Crippen LogP contribution in [0.25, 0.3) is 6.08 Å². The molecule has 0 saturated carbocycles. The highest BCUT2D eigenvalue weighted by Crippen LogP contribution is 2.39. The van der Waals surface area contributed by atoms with Crippen LogP contribution < -0.4 is 0 Å². The number of carbonyl (C=O) groups excluding carboxylic acids is 1. The smallest absolute Gasteiger partial charge is 0.202 e. The quantitative estimate of drug-likeness (QED) is 0.780. The highest BCUT2D eigenvalue weighted by Gasteiger charge is 2.34. The molecule has 17 heavy (non-hydrogen) atoms. The van der Waals surface area contributed by atoms with Crippen LogP contribution >= 0.6 is 11.3 Å². The Bertz CT molecular complexity index is 596. The summed E-state index contributed by atoms with van der Waals surface area (Å²) in [6, 6.07) is 11.4. The van der Waals surface area contributed by atoms with E-state index in [1.807, 2.05) is 41.8 Å². The van der Waals surface area contributed by atoms with Crippen LogP contribution in [0, 0.1) is 0 Å². The van der Waals surface area contributed by atoms with Crippen molar-refractivity contribution in [3.05, 3.63) is 63.4 Å². The fourth-order valence-electron chi connectivity index (χ4n) is 2.02. The van der Waals surface area contributed by atoms with Gasteiger partial charge in [-0.3, -0.25) is 4.79 Å². The zero-order chi connectivity index (χ0) is 11.8. The molecule has 1 aliphatic rings. The van der Waals surface area contributed by atoms with E-state index in [9.17, 15) is 9.90 Å². The lowest BCUT2D eigenvalue weighted by Crippen LogP contribution is -1.99. The van der Waals surface area contributed by atoms with Gasteiger partial charge in [0, 0.05) is 11.1 Å². The summed E-state index contributed by atoms with van der Waals surface area (Å²) < 4.78 is 0. The number of benzene rings is 1. The number of hydrogen-bond acceptors (Lipinski definition) is 3. The largest absolute Gasteiger partial charge is 0.383 e. The Hall–Kier alpha value is -1.71. The Labute approximate surface area is 103 Å². The zero-order valence-electron chi connectivity index (χ0n) is 8.96. The lowest BCUT2D eigenvalue weighted by atomic mass is 10.1. The topological polar surface area (TPSA) is 37.3 Å². The van der Waals surface area contributed by atoms with Crippen molar-refractivity contribution in [1.82, 2.24) is 0 Å². The molecular weight excluding hydrogens is 232 g/mol. The number of thiophene rings is 1. The lowest BCUT2D eigenvalue weighted by molar-refractivity contribution is 0.102. The Balaban J connectivity index is 2.05. The average Bonchev–Trinajstić information content (AvgIpc) is 2.91. The summed E-state index contributed by atoms with van der Waals surface area (Å²) in [6.45, 7) is 0. The van der Waals surface area contributed by atoms with Crippen molar-refractivity contribution < 1.29 is 9.90 Å². The average molecular weight is 242 g/mol. The van der Waals surface area contributed by atoms with E-state index in [1.54, 1.807) is 6.08 Å². The van der Waals surface area contributed by atoms with Crippen molar-refractivity contribution >= 4 is 23.2 Å². The van der Waals surface area contributed by atoms with Gasteiger partial charge in [0.25, 0.3) is 0 Å². The summed E-state index contributed by atoms with van der Waals surface area (Å²) in [5.41, 5.74) is 2.14. The second-order valence-electron chi connectivity index (χ2n) is 3.95. The van der Waals surface area contributed by atoms with Gasteiger partial charge in [-0.25, -0.2) is 0 Å². The van der Waals surface area contributed by atoms with Crippen molar-refractivity contribution in [2.45, 2.75) is 6.10 Å². The minimum absolute atomic E-state index is 0.0497. The molecule has 1 aliphatic carbocycles. The van der Waals surface area contributed by atoms with E-state index in [1.165, 1.54) is 11.3 Å². The number of hydrogen-bond donors (Lipinski definition) is 1. The number of aliphatic hydroxyl groups excluding tert-OH is 1. The van der Waals surface area contributed by atoms with E-state index < -0.39 is 6.10 Å². The van der Waals surface area contributed by atoms with Crippen molar-refractivity contribution in [2.24, 2.45) is 0 Å². The van der Waals surface area contributed by atoms with Crippen LogP contribution in [0.5, 0.6) is 0 Å². The maximum atomic E-state index is 12.1. The van der Waals surface area contributed by atoms with Crippen LogP contribution in [0.1, 0.15) is 26.9 Å². The molecule has 0 amide bonds. The van der Waals surface area contributed by atoms with Crippen molar-refractivity contribution in [3.63, 3.8) is 0 Å². The van der Waals surface area contributed by atoms with Crippen LogP contribution in [0.15, 0.2) is 47.4 Å². The summed E-state index contributed by atoms with van der Waals surface area (Å²) >= 11 is 1.39. The monoisotopic (exact) mass is 242 g/mol. The summed E-state index contributed by atoms with van der Waals surface area (Å²) in [4.78, 5) is 12.7. The normalized spacial score (nSPS) is 20.9. The van der Waals surface area contributed by atoms with Gasteiger partial charge in [-0.15, -0.1) is 11.3 Å². The molecule has 0 bridgehead atoms. The summed E-state index contributed by atoms with van der Waals surface area (Å²) in [7, 11) is 0. The SMILES string of the molecule is O=C1/C(=C/c2ccccc2)[C@@H](O)c2ccsc21. The van der Waals surface area contributed by atoms with Gasteiger partial charge in [-0.1, -0.05) is 30.3 Å². The zero-order valence-corrected chi connectivity index (χ0v) is 9.78. The molecule has 0 fully saturated rings. The van der Waals surface area contributed by atoms with Gasteiger partial charge >= 0.3 is 0 Å². The van der Waals surface area contributed by atoms with Gasteiger partial charge in [-0.05, 0) is 23.1 Å². The molecule has 3 rings (SSSR count). The van der Waals surface area contributed by atoms with Crippen LogP contribution in [0.3, 0.4) is 0 Å². The van der Waals surface area contributed by atoms with Gasteiger partial charge in [-0.2, -0.15) is 0 Å². The molecule has 1 heterocycles. The molecule has 2 nitrogen and oxygen atoms in total. The van der Waals surface area contributed by atoms with Gasteiger partial charge in [0.05, 0.1) is 4.88 Å². The first kappa shape index (κ1) is 10.4. The molecule has 1 aromatic heterocycles. The van der Waals surface area contributed by atoms with Gasteiger partial charge < -0.3 is 5.11 Å². The third-order valence-corrected chi connectivity index (χ3v) is 3.80. The van der Waals surface area contributed by atoms with E-state index in [0.717, 1.165) is 11.1 Å². The van der Waals surface area contributed by atoms with Crippen molar-refractivity contribution in [2.75, 3.05) is 0 Å². The molecule has 1 atom stereocenters. The summed E-state index contributed by atoms with van der Waals surface area (Å²) in [5.74, 6) is -0.0497. The van der Waals surface area contributed by atoms with Crippen LogP contribution in [-0.4, -0.2) is 10.9 Å². The predicted octanol–water partition coefficient (Wildman–Crippen LogP) is 3.06. The number of carbonyl (C=O) groups is 1. The summed E-state index contributed by atoms with van der Waals surface area (Å²) in [5, 5.41) is 11.9. The van der Waals surface area contributed by atoms with Gasteiger partial charge in [0.2, 0.25) is 5.78 Å². The maximum Gasteiger partial charge on any atom is 0.202 e. The third-order valence-electron chi connectivity index (χ3n) is 2.88. The highest BCUT2D eigenvalue weighted by atomic mass is 32.1. The van der Waals surface area contributed by atoms with E-state index >= 15 is 0 Å². The van der Waals surface area contributed by atoms with Crippen LogP contribution in [0.2, 0.25) is 0 Å². The Kier molecular flexibility index (Phi) is 2.42. The molecule has 84 valence electrons. The number of ketones is 1. The highest BCUT2D eigenvalue weighted by molar-refractivity contribution is 7.12. The second-order valence-corrected chi connectivity index (χ2v) is 4.86. The van der Waals surface area contributed by atoms with Crippen LogP contribution in [-0.2, 0) is 0 Å². The van der Waals surface area contributed by atoms with E-state index in [2.05, 4.69) is 0 Å². The fourth-order valence-corrected chi connectivity index (χ4v) is 2.91. The first-order chi connectivity index (χ1) is 8.27. The number of aliphatic hydroxyl groups is 1. The molecule has 0 aliphatic heterocycles. The molecule has 0 radical (unpaired) electrons. The fraction of sp³-hybridized carbons (Fsp3) is 0.0714. The maximum absolute atomic E-state index is 12.1. The standard InChI is InChI=1S/C14H10O2S/c15-12-10-6-7-17-14(10)13(16)11(12)8-9-4-2-1-3-5-9/h1-8,12,15H/b11-8+/t12-/m0/s1. The van der Waals surface area contributed by atoms with Crippen molar-refractivity contribution in [1.29, 1.82) is 0 Å². The minimum atomic E-state index is -0.774. The van der Waals surface area contributed by atoms with Crippen LogP contribution in [0.4, 0.5) is 0 Å². The molecule has 1 N–H and O–H groups in total. The second kappa shape index (κ2) is 3.95.